The van der Waals surface area contributed by atoms with E-state index in [9.17, 15) is 21.6 Å². The summed E-state index contributed by atoms with van der Waals surface area (Å²) in [5, 5.41) is 0. The molecule has 0 aliphatic heterocycles. The monoisotopic (exact) mass is 376 g/mol. The lowest BCUT2D eigenvalue weighted by Gasteiger charge is -2.12. The average molecular weight is 376 g/mol. The Morgan fingerprint density at radius 2 is 1.19 bits per heavy atom. The minimum absolute atomic E-state index is 0.117. The molecule has 0 bridgehead atoms. The van der Waals surface area contributed by atoms with Gasteiger partial charge in [-0.25, -0.2) is 21.6 Å². The molecule has 0 heterocycles. The van der Waals surface area contributed by atoms with Gasteiger partial charge in [0.1, 0.15) is 5.82 Å². The van der Waals surface area contributed by atoms with Gasteiger partial charge in [-0.1, -0.05) is 24.3 Å². The predicted octanol–water partition coefficient (Wildman–Crippen LogP) is 5.15. The number of sulfone groups is 1. The maximum atomic E-state index is 13.9. The van der Waals surface area contributed by atoms with Crippen molar-refractivity contribution in [3.63, 3.8) is 0 Å². The second-order valence-electron chi connectivity index (χ2n) is 6.07. The van der Waals surface area contributed by atoms with Crippen molar-refractivity contribution in [3.8, 4) is 22.3 Å². The molecule has 3 aromatic carbocycles. The highest BCUT2D eigenvalue weighted by Crippen LogP contribution is 2.35. The minimum atomic E-state index is -3.37. The van der Waals surface area contributed by atoms with E-state index in [4.69, 9.17) is 0 Å². The molecule has 0 unspecified atom stereocenters. The Hall–Kier alpha value is -2.60. The molecule has 0 aromatic heterocycles. The van der Waals surface area contributed by atoms with Gasteiger partial charge >= 0.3 is 0 Å². The van der Waals surface area contributed by atoms with Gasteiger partial charge in [-0.3, -0.25) is 0 Å². The molecule has 0 fully saturated rings. The van der Waals surface area contributed by atoms with Crippen LogP contribution in [0.15, 0.2) is 59.5 Å². The van der Waals surface area contributed by atoms with Crippen molar-refractivity contribution in [2.24, 2.45) is 0 Å². The van der Waals surface area contributed by atoms with Crippen molar-refractivity contribution in [2.45, 2.75) is 11.8 Å². The summed E-state index contributed by atoms with van der Waals surface area (Å²) in [6.07, 6.45) is 1.08. The molecule has 3 rings (SSSR count). The second kappa shape index (κ2) is 6.61. The Balaban J connectivity index is 2.20. The van der Waals surface area contributed by atoms with Crippen LogP contribution >= 0.6 is 0 Å². The van der Waals surface area contributed by atoms with Gasteiger partial charge in [0.25, 0.3) is 0 Å². The summed E-state index contributed by atoms with van der Waals surface area (Å²) in [4.78, 5) is 0.117. The topological polar surface area (TPSA) is 34.1 Å². The largest absolute Gasteiger partial charge is 0.224 e. The van der Waals surface area contributed by atoms with Gasteiger partial charge in [0, 0.05) is 6.26 Å². The summed E-state index contributed by atoms with van der Waals surface area (Å²) >= 11 is 0. The molecule has 2 nitrogen and oxygen atoms in total. The lowest BCUT2D eigenvalue weighted by molar-refractivity contribution is 0.509. The quantitative estimate of drug-likeness (QED) is 0.634. The van der Waals surface area contributed by atoms with Crippen LogP contribution in [0.2, 0.25) is 0 Å². The molecule has 0 aliphatic rings. The standard InChI is InChI=1S/C20H15F3O2S/c1-12-3-4-14(9-18(12)21)17-11-20(23)19(22)10-16(17)13-5-7-15(8-6-13)26(2,24)25/h3-11H,1-2H3. The highest BCUT2D eigenvalue weighted by Gasteiger charge is 2.15. The fraction of sp³-hybridized carbons (Fsp3) is 0.100. The summed E-state index contributed by atoms with van der Waals surface area (Å²) in [5.41, 5.74) is 1.99. The van der Waals surface area contributed by atoms with Crippen LogP contribution in [0, 0.1) is 24.4 Å². The van der Waals surface area contributed by atoms with E-state index >= 15 is 0 Å². The molecule has 26 heavy (non-hydrogen) atoms. The molecule has 0 amide bonds. The van der Waals surface area contributed by atoms with Gasteiger partial charge in [-0.15, -0.1) is 0 Å². The van der Waals surface area contributed by atoms with E-state index < -0.39 is 27.3 Å². The van der Waals surface area contributed by atoms with Crippen LogP contribution in [0.4, 0.5) is 13.2 Å². The molecule has 3 aromatic rings. The molecule has 0 aliphatic carbocycles. The molecule has 6 heteroatoms. The zero-order valence-electron chi connectivity index (χ0n) is 14.1. The molecule has 0 saturated carbocycles. The number of hydrogen-bond donors (Lipinski definition) is 0. The number of hydrogen-bond acceptors (Lipinski definition) is 2. The first-order chi connectivity index (χ1) is 12.2. The Kier molecular flexibility index (Phi) is 4.63. The predicted molar refractivity (Wildman–Crippen MR) is 95.0 cm³/mol. The summed E-state index contributed by atoms with van der Waals surface area (Å²) < 4.78 is 64.7. The van der Waals surface area contributed by atoms with Crippen LogP contribution < -0.4 is 0 Å². The van der Waals surface area contributed by atoms with Crippen LogP contribution in [0.5, 0.6) is 0 Å². The molecule has 0 N–H and O–H groups in total. The SMILES string of the molecule is Cc1ccc(-c2cc(F)c(F)cc2-c2ccc(S(C)(=O)=O)cc2)cc1F. The highest BCUT2D eigenvalue weighted by atomic mass is 32.2. The van der Waals surface area contributed by atoms with E-state index in [0.29, 0.717) is 27.8 Å². The molecule has 0 radical (unpaired) electrons. The summed E-state index contributed by atoms with van der Waals surface area (Å²) in [6.45, 7) is 1.61. The maximum absolute atomic E-state index is 13.9. The molecule has 0 atom stereocenters. The molecule has 134 valence electrons. The van der Waals surface area contributed by atoms with E-state index in [1.165, 1.54) is 30.3 Å². The van der Waals surface area contributed by atoms with Gasteiger partial charge in [0.2, 0.25) is 0 Å². The van der Waals surface area contributed by atoms with E-state index in [2.05, 4.69) is 0 Å². The maximum Gasteiger partial charge on any atom is 0.175 e. The van der Waals surface area contributed by atoms with Crippen LogP contribution in [-0.4, -0.2) is 14.7 Å². The van der Waals surface area contributed by atoms with Gasteiger partial charge in [0.15, 0.2) is 21.5 Å². The fourth-order valence-corrected chi connectivity index (χ4v) is 3.30. The van der Waals surface area contributed by atoms with E-state index in [1.54, 1.807) is 19.1 Å². The first kappa shape index (κ1) is 18.2. The number of benzene rings is 3. The highest BCUT2D eigenvalue weighted by molar-refractivity contribution is 7.90. The third kappa shape index (κ3) is 3.51. The van der Waals surface area contributed by atoms with E-state index in [0.717, 1.165) is 18.4 Å². The normalized spacial score (nSPS) is 11.6. The van der Waals surface area contributed by atoms with Crippen molar-refractivity contribution in [2.75, 3.05) is 6.26 Å². The van der Waals surface area contributed by atoms with Crippen molar-refractivity contribution >= 4 is 9.84 Å². The number of aryl methyl sites for hydroxylation is 1. The van der Waals surface area contributed by atoms with E-state index in [1.807, 2.05) is 0 Å². The Bertz CT molecular complexity index is 1090. The summed E-state index contributed by atoms with van der Waals surface area (Å²) in [6, 6.07) is 12.3. The van der Waals surface area contributed by atoms with Crippen LogP contribution in [0.25, 0.3) is 22.3 Å². The van der Waals surface area contributed by atoms with Crippen LogP contribution in [-0.2, 0) is 9.84 Å². The lowest BCUT2D eigenvalue weighted by Crippen LogP contribution is -1.97. The van der Waals surface area contributed by atoms with Crippen molar-refractivity contribution in [1.29, 1.82) is 0 Å². The van der Waals surface area contributed by atoms with Gasteiger partial charge in [-0.2, -0.15) is 0 Å². The zero-order valence-corrected chi connectivity index (χ0v) is 14.9. The zero-order chi connectivity index (χ0) is 19.1. The third-order valence-electron chi connectivity index (χ3n) is 4.14. The second-order valence-corrected chi connectivity index (χ2v) is 8.09. The molecule has 0 spiro atoms. The Morgan fingerprint density at radius 1 is 0.692 bits per heavy atom. The van der Waals surface area contributed by atoms with Crippen molar-refractivity contribution < 1.29 is 21.6 Å². The third-order valence-corrected chi connectivity index (χ3v) is 5.27. The molecule has 0 saturated heterocycles. The first-order valence-corrected chi connectivity index (χ1v) is 9.62. The fourth-order valence-electron chi connectivity index (χ4n) is 2.67. The van der Waals surface area contributed by atoms with Gasteiger partial charge in [0.05, 0.1) is 4.90 Å². The lowest BCUT2D eigenvalue weighted by atomic mass is 9.93. The smallest absolute Gasteiger partial charge is 0.175 e. The van der Waals surface area contributed by atoms with Gasteiger partial charge in [-0.05, 0) is 65.1 Å². The number of halogens is 3. The average Bonchev–Trinajstić information content (AvgIpc) is 2.59. The van der Waals surface area contributed by atoms with E-state index in [-0.39, 0.29) is 4.90 Å². The number of rotatable bonds is 3. The molecular weight excluding hydrogens is 361 g/mol. The first-order valence-electron chi connectivity index (χ1n) is 7.73. The Labute approximate surface area is 149 Å². The molecular formula is C20H15F3O2S. The van der Waals surface area contributed by atoms with Crippen molar-refractivity contribution in [1.82, 2.24) is 0 Å². The van der Waals surface area contributed by atoms with Crippen LogP contribution in [0.1, 0.15) is 5.56 Å². The minimum Gasteiger partial charge on any atom is -0.224 e. The van der Waals surface area contributed by atoms with Gasteiger partial charge < -0.3 is 0 Å². The Morgan fingerprint density at radius 3 is 1.69 bits per heavy atom. The summed E-state index contributed by atoms with van der Waals surface area (Å²) in [5.74, 6) is -2.54. The summed E-state index contributed by atoms with van der Waals surface area (Å²) in [7, 11) is -3.37. The van der Waals surface area contributed by atoms with Crippen molar-refractivity contribution in [3.05, 3.63) is 77.6 Å². The van der Waals surface area contributed by atoms with Crippen LogP contribution in [0.3, 0.4) is 0 Å².